The molecule has 2 heterocycles. The van der Waals surface area contributed by atoms with E-state index in [1.165, 1.54) is 6.92 Å². The number of hydrogen-bond acceptors (Lipinski definition) is 5. The molecule has 1 saturated heterocycles. The number of nitrogens with one attached hydrogen (secondary N) is 1. The van der Waals surface area contributed by atoms with Crippen molar-refractivity contribution in [2.75, 3.05) is 0 Å². The standard InChI is InChI=1S/C15H17N3O5.C2H4O2/c1-10(19)16-15(9-17-6-4-3-5-7-17)8-12(13(21)22)18(11(2)20)14(15)23;1-2(3)4/h3-7,12H,8-9H2,1-2H3,(H-,16,19,21,22);1H3,(H,3,4)/p+1/t12-,15?;/m0./s1. The maximum atomic E-state index is 12.7. The van der Waals surface area contributed by atoms with Crippen LogP contribution in [0.25, 0.3) is 0 Å². The van der Waals surface area contributed by atoms with Crippen LogP contribution < -0.4 is 9.88 Å². The Labute approximate surface area is 155 Å². The summed E-state index contributed by atoms with van der Waals surface area (Å²) >= 11 is 0. The number of carboxylic acid groups (broad SMARTS) is 2. The lowest BCUT2D eigenvalue weighted by Crippen LogP contribution is -2.61. The Morgan fingerprint density at radius 2 is 1.67 bits per heavy atom. The number of likely N-dealkylation sites (tertiary alicyclic amines) is 1. The highest BCUT2D eigenvalue weighted by Crippen LogP contribution is 2.30. The van der Waals surface area contributed by atoms with Crippen LogP contribution in [0.15, 0.2) is 30.6 Å². The van der Waals surface area contributed by atoms with Crippen molar-refractivity contribution in [3.8, 4) is 0 Å². The minimum atomic E-state index is -1.47. The Kier molecular flexibility index (Phi) is 7.15. The largest absolute Gasteiger partial charge is 0.481 e. The first kappa shape index (κ1) is 21.7. The second-order valence-corrected chi connectivity index (χ2v) is 6.08. The smallest absolute Gasteiger partial charge is 0.327 e. The van der Waals surface area contributed by atoms with Crippen LogP contribution in [-0.4, -0.2) is 56.4 Å². The molecule has 1 unspecified atom stereocenters. The van der Waals surface area contributed by atoms with E-state index in [0.717, 1.165) is 13.8 Å². The fraction of sp³-hybridized carbons (Fsp3) is 0.412. The van der Waals surface area contributed by atoms with E-state index in [0.29, 0.717) is 4.90 Å². The molecule has 0 saturated carbocycles. The minimum absolute atomic E-state index is 0.0415. The van der Waals surface area contributed by atoms with Crippen molar-refractivity contribution in [3.63, 3.8) is 0 Å². The zero-order valence-electron chi connectivity index (χ0n) is 15.2. The number of hydrogen-bond donors (Lipinski definition) is 3. The Bertz CT molecular complexity index is 746. The van der Waals surface area contributed by atoms with Crippen molar-refractivity contribution in [1.29, 1.82) is 0 Å². The number of carbonyl (C=O) groups excluding carboxylic acids is 3. The molecule has 0 radical (unpaired) electrons. The molecule has 0 aliphatic carbocycles. The van der Waals surface area contributed by atoms with Crippen LogP contribution in [0.4, 0.5) is 0 Å². The van der Waals surface area contributed by atoms with E-state index in [2.05, 4.69) is 5.32 Å². The van der Waals surface area contributed by atoms with Crippen molar-refractivity contribution in [2.45, 2.75) is 45.3 Å². The van der Waals surface area contributed by atoms with Gasteiger partial charge in [0.1, 0.15) is 6.04 Å². The molecule has 0 bridgehead atoms. The zero-order chi connectivity index (χ0) is 20.8. The third kappa shape index (κ3) is 5.59. The summed E-state index contributed by atoms with van der Waals surface area (Å²) in [4.78, 5) is 57.2. The van der Waals surface area contributed by atoms with Crippen LogP contribution in [0, 0.1) is 0 Å². The van der Waals surface area contributed by atoms with Crippen molar-refractivity contribution in [1.82, 2.24) is 10.2 Å². The van der Waals surface area contributed by atoms with E-state index < -0.39 is 41.2 Å². The van der Waals surface area contributed by atoms with Crippen LogP contribution in [-0.2, 0) is 30.5 Å². The van der Waals surface area contributed by atoms with Gasteiger partial charge in [0, 0.05) is 39.3 Å². The lowest BCUT2D eigenvalue weighted by Gasteiger charge is -2.24. The van der Waals surface area contributed by atoms with Gasteiger partial charge in [0.15, 0.2) is 24.5 Å². The van der Waals surface area contributed by atoms with Crippen LogP contribution in [0.2, 0.25) is 0 Å². The minimum Gasteiger partial charge on any atom is -0.481 e. The summed E-state index contributed by atoms with van der Waals surface area (Å²) in [7, 11) is 0. The maximum Gasteiger partial charge on any atom is 0.327 e. The topological polar surface area (TPSA) is 145 Å². The SMILES string of the molecule is CC(=O)NC1(C[n+]2ccccc2)C[C@@H](C(=O)O)N(C(C)=O)C1=O.CC(=O)O. The van der Waals surface area contributed by atoms with E-state index in [4.69, 9.17) is 9.90 Å². The number of aliphatic carboxylic acids is 2. The molecule has 10 nitrogen and oxygen atoms in total. The van der Waals surface area contributed by atoms with Gasteiger partial charge in [0.2, 0.25) is 11.8 Å². The zero-order valence-corrected chi connectivity index (χ0v) is 15.2. The molecule has 146 valence electrons. The summed E-state index contributed by atoms with van der Waals surface area (Å²) in [5.74, 6) is -3.94. The Morgan fingerprint density at radius 1 is 1.15 bits per heavy atom. The van der Waals surface area contributed by atoms with Gasteiger partial charge in [-0.2, -0.15) is 0 Å². The third-order valence-electron chi connectivity index (χ3n) is 3.75. The number of aromatic nitrogens is 1. The number of amides is 3. The number of pyridine rings is 1. The first-order valence-corrected chi connectivity index (χ1v) is 7.99. The van der Waals surface area contributed by atoms with Crippen molar-refractivity contribution in [3.05, 3.63) is 30.6 Å². The van der Waals surface area contributed by atoms with Crippen molar-refractivity contribution >= 4 is 29.7 Å². The molecular weight excluding hydrogens is 358 g/mol. The van der Waals surface area contributed by atoms with E-state index in [-0.39, 0.29) is 13.0 Å². The van der Waals surface area contributed by atoms with Gasteiger partial charge < -0.3 is 15.5 Å². The molecular formula is C17H22N3O7+. The van der Waals surface area contributed by atoms with Crippen LogP contribution in [0.5, 0.6) is 0 Å². The predicted octanol–water partition coefficient (Wildman–Crippen LogP) is -0.828. The van der Waals surface area contributed by atoms with Crippen molar-refractivity contribution < 1.29 is 38.8 Å². The van der Waals surface area contributed by atoms with E-state index >= 15 is 0 Å². The molecule has 3 N–H and O–H groups in total. The quantitative estimate of drug-likeness (QED) is 0.578. The molecule has 10 heteroatoms. The van der Waals surface area contributed by atoms with Crippen LogP contribution in [0.1, 0.15) is 27.2 Å². The fourth-order valence-corrected chi connectivity index (χ4v) is 2.91. The lowest BCUT2D eigenvalue weighted by molar-refractivity contribution is -0.702. The summed E-state index contributed by atoms with van der Waals surface area (Å²) in [6, 6.07) is 3.99. The molecule has 1 aromatic heterocycles. The predicted molar refractivity (Wildman–Crippen MR) is 90.1 cm³/mol. The average Bonchev–Trinajstić information content (AvgIpc) is 2.80. The van der Waals surface area contributed by atoms with Gasteiger partial charge in [0.05, 0.1) is 0 Å². The van der Waals surface area contributed by atoms with Gasteiger partial charge in [-0.3, -0.25) is 24.1 Å². The van der Waals surface area contributed by atoms with Gasteiger partial charge in [-0.05, 0) is 0 Å². The monoisotopic (exact) mass is 380 g/mol. The first-order valence-electron chi connectivity index (χ1n) is 7.99. The van der Waals surface area contributed by atoms with Gasteiger partial charge >= 0.3 is 5.97 Å². The highest BCUT2D eigenvalue weighted by molar-refractivity contribution is 6.06. The number of carbonyl (C=O) groups is 5. The van der Waals surface area contributed by atoms with Gasteiger partial charge in [-0.1, -0.05) is 6.07 Å². The molecule has 2 rings (SSSR count). The fourth-order valence-electron chi connectivity index (χ4n) is 2.91. The van der Waals surface area contributed by atoms with Crippen molar-refractivity contribution in [2.24, 2.45) is 0 Å². The number of carboxylic acids is 2. The molecule has 0 aromatic carbocycles. The van der Waals surface area contributed by atoms with Crippen LogP contribution >= 0.6 is 0 Å². The molecule has 1 aliphatic rings. The Hall–Kier alpha value is -3.30. The van der Waals surface area contributed by atoms with E-state index in [9.17, 15) is 24.3 Å². The average molecular weight is 380 g/mol. The Morgan fingerprint density at radius 3 is 2.04 bits per heavy atom. The molecule has 1 aromatic rings. The molecule has 1 aliphatic heterocycles. The second-order valence-electron chi connectivity index (χ2n) is 6.08. The molecule has 1 fully saturated rings. The van der Waals surface area contributed by atoms with Crippen LogP contribution in [0.3, 0.4) is 0 Å². The second kappa shape index (κ2) is 8.88. The summed E-state index contributed by atoms with van der Waals surface area (Å²) in [6.07, 6.45) is 3.22. The first-order chi connectivity index (χ1) is 12.5. The molecule has 3 amide bonds. The van der Waals surface area contributed by atoms with Gasteiger partial charge in [0.25, 0.3) is 11.9 Å². The highest BCUT2D eigenvalue weighted by Gasteiger charge is 2.58. The highest BCUT2D eigenvalue weighted by atomic mass is 16.4. The van der Waals surface area contributed by atoms with Gasteiger partial charge in [-0.25, -0.2) is 9.36 Å². The number of imide groups is 1. The molecule has 0 spiro atoms. The summed E-state index contributed by atoms with van der Waals surface area (Å²) in [5.41, 5.74) is -1.47. The maximum absolute atomic E-state index is 12.7. The molecule has 2 atom stereocenters. The number of rotatable bonds is 4. The summed E-state index contributed by atoms with van der Waals surface area (Å²) in [5, 5.41) is 19.3. The normalized spacial score (nSPS) is 21.1. The summed E-state index contributed by atoms with van der Waals surface area (Å²) < 4.78 is 1.66. The third-order valence-corrected chi connectivity index (χ3v) is 3.75. The van der Waals surface area contributed by atoms with E-state index in [1.54, 1.807) is 35.2 Å². The van der Waals surface area contributed by atoms with E-state index in [1.807, 2.05) is 0 Å². The molecule has 27 heavy (non-hydrogen) atoms. The Balaban J connectivity index is 0.000000828. The van der Waals surface area contributed by atoms with Gasteiger partial charge in [-0.15, -0.1) is 0 Å². The lowest BCUT2D eigenvalue weighted by atomic mass is 9.94. The summed E-state index contributed by atoms with van der Waals surface area (Å²) in [6.45, 7) is 3.50. The number of nitrogens with zero attached hydrogens (tertiary/aromatic N) is 2.